The number of hydrogen-bond donors (Lipinski definition) is 1. The lowest BCUT2D eigenvalue weighted by Crippen LogP contribution is -1.97. The van der Waals surface area contributed by atoms with Gasteiger partial charge in [0, 0.05) is 6.20 Å². The van der Waals surface area contributed by atoms with Crippen LogP contribution < -0.4 is 0 Å². The summed E-state index contributed by atoms with van der Waals surface area (Å²) in [5.74, 6) is -0.321. The number of carbonyl (C=O) groups is 1. The van der Waals surface area contributed by atoms with E-state index in [-0.39, 0.29) is 5.69 Å². The molecule has 90 valence electrons. The summed E-state index contributed by atoms with van der Waals surface area (Å²) in [4.78, 5) is 16.4. The van der Waals surface area contributed by atoms with Gasteiger partial charge in [-0.15, -0.1) is 11.3 Å². The first kappa shape index (κ1) is 11.0. The van der Waals surface area contributed by atoms with Crippen molar-refractivity contribution in [2.45, 2.75) is 6.92 Å². The molecular formula is C13H10N2O2S. The van der Waals surface area contributed by atoms with Gasteiger partial charge >= 0.3 is 5.97 Å². The van der Waals surface area contributed by atoms with Crippen LogP contribution in [-0.2, 0) is 0 Å². The van der Waals surface area contributed by atoms with Gasteiger partial charge in [-0.1, -0.05) is 6.07 Å². The van der Waals surface area contributed by atoms with Crippen molar-refractivity contribution in [3.63, 3.8) is 0 Å². The maximum absolute atomic E-state index is 11.2. The Kier molecular flexibility index (Phi) is 2.41. The highest BCUT2D eigenvalue weighted by Gasteiger charge is 2.17. The Labute approximate surface area is 107 Å². The normalized spacial score (nSPS) is 10.9. The Hall–Kier alpha value is -2.14. The largest absolute Gasteiger partial charge is 0.476 e. The minimum absolute atomic E-state index is 0.0992. The standard InChI is InChI=1S/C13H10N2O2S/c1-8-4-5-15-9(7-8)11(13(16)17)14-12(15)10-3-2-6-18-10/h2-7H,1H3,(H,16,17). The van der Waals surface area contributed by atoms with E-state index in [1.165, 1.54) is 0 Å². The summed E-state index contributed by atoms with van der Waals surface area (Å²) in [7, 11) is 0. The second-order valence-corrected chi connectivity index (χ2v) is 4.97. The molecule has 0 fully saturated rings. The lowest BCUT2D eigenvalue weighted by Gasteiger charge is -1.99. The van der Waals surface area contributed by atoms with E-state index in [9.17, 15) is 9.90 Å². The number of imidazole rings is 1. The van der Waals surface area contributed by atoms with Crippen molar-refractivity contribution in [1.29, 1.82) is 0 Å². The Balaban J connectivity index is 2.37. The van der Waals surface area contributed by atoms with Gasteiger partial charge in [-0.3, -0.25) is 4.40 Å². The van der Waals surface area contributed by atoms with Gasteiger partial charge in [0.05, 0.1) is 10.4 Å². The molecule has 18 heavy (non-hydrogen) atoms. The molecule has 0 spiro atoms. The molecule has 1 N–H and O–H groups in total. The number of aromatic nitrogens is 2. The first-order valence-electron chi connectivity index (χ1n) is 5.42. The zero-order chi connectivity index (χ0) is 12.7. The molecule has 0 unspecified atom stereocenters. The van der Waals surface area contributed by atoms with Crippen molar-refractivity contribution in [3.8, 4) is 10.7 Å². The number of carboxylic acids is 1. The minimum Gasteiger partial charge on any atom is -0.476 e. The van der Waals surface area contributed by atoms with Crippen LogP contribution >= 0.6 is 11.3 Å². The average Bonchev–Trinajstić information content (AvgIpc) is 2.93. The Morgan fingerprint density at radius 3 is 2.94 bits per heavy atom. The van der Waals surface area contributed by atoms with E-state index in [4.69, 9.17) is 0 Å². The van der Waals surface area contributed by atoms with Crippen molar-refractivity contribution in [2.75, 3.05) is 0 Å². The van der Waals surface area contributed by atoms with Crippen LogP contribution in [0.1, 0.15) is 16.1 Å². The predicted octanol–water partition coefficient (Wildman–Crippen LogP) is 3.07. The van der Waals surface area contributed by atoms with Crippen LogP contribution in [0.4, 0.5) is 0 Å². The number of aromatic carboxylic acids is 1. The monoisotopic (exact) mass is 258 g/mol. The molecule has 0 bridgehead atoms. The fraction of sp³-hybridized carbons (Fsp3) is 0.0769. The zero-order valence-corrected chi connectivity index (χ0v) is 10.4. The quantitative estimate of drug-likeness (QED) is 0.768. The molecule has 0 aromatic carbocycles. The molecule has 3 aromatic heterocycles. The molecule has 5 heteroatoms. The maximum Gasteiger partial charge on any atom is 0.356 e. The van der Waals surface area contributed by atoms with Crippen molar-refractivity contribution < 1.29 is 9.90 Å². The molecule has 0 aliphatic carbocycles. The summed E-state index contributed by atoms with van der Waals surface area (Å²) in [6.45, 7) is 1.93. The van der Waals surface area contributed by atoms with Gasteiger partial charge in [0.2, 0.25) is 0 Å². The number of rotatable bonds is 2. The molecule has 3 heterocycles. The van der Waals surface area contributed by atoms with Crippen molar-refractivity contribution >= 4 is 22.8 Å². The molecule has 0 atom stereocenters. The smallest absolute Gasteiger partial charge is 0.356 e. The molecule has 0 saturated heterocycles. The second kappa shape index (κ2) is 3.96. The van der Waals surface area contributed by atoms with Crippen LogP contribution in [0.25, 0.3) is 16.2 Å². The van der Waals surface area contributed by atoms with E-state index < -0.39 is 5.97 Å². The molecule has 0 aliphatic heterocycles. The van der Waals surface area contributed by atoms with Crippen LogP contribution in [0.2, 0.25) is 0 Å². The first-order valence-corrected chi connectivity index (χ1v) is 6.30. The number of pyridine rings is 1. The van der Waals surface area contributed by atoms with Gasteiger partial charge in [0.15, 0.2) is 11.5 Å². The van der Waals surface area contributed by atoms with Gasteiger partial charge in [-0.25, -0.2) is 9.78 Å². The first-order chi connectivity index (χ1) is 8.66. The van der Waals surface area contributed by atoms with Crippen molar-refractivity contribution in [2.24, 2.45) is 0 Å². The zero-order valence-electron chi connectivity index (χ0n) is 9.62. The molecule has 3 aromatic rings. The van der Waals surface area contributed by atoms with Gasteiger partial charge in [-0.05, 0) is 36.1 Å². The van der Waals surface area contributed by atoms with Gasteiger partial charge in [-0.2, -0.15) is 0 Å². The number of thiophene rings is 1. The molecule has 0 saturated carbocycles. The van der Waals surface area contributed by atoms with E-state index in [1.54, 1.807) is 11.3 Å². The second-order valence-electron chi connectivity index (χ2n) is 4.03. The summed E-state index contributed by atoms with van der Waals surface area (Å²) in [6.07, 6.45) is 1.86. The third kappa shape index (κ3) is 1.60. The fourth-order valence-corrected chi connectivity index (χ4v) is 2.64. The third-order valence-electron chi connectivity index (χ3n) is 2.74. The number of fused-ring (bicyclic) bond motifs is 1. The number of hydrogen-bond acceptors (Lipinski definition) is 3. The molecule has 0 amide bonds. The van der Waals surface area contributed by atoms with Gasteiger partial charge < -0.3 is 5.11 Å². The highest BCUT2D eigenvalue weighted by Crippen LogP contribution is 2.27. The molecule has 3 rings (SSSR count). The van der Waals surface area contributed by atoms with Crippen LogP contribution in [0.3, 0.4) is 0 Å². The minimum atomic E-state index is -0.999. The Bertz CT molecular complexity index is 729. The summed E-state index contributed by atoms with van der Waals surface area (Å²) in [6, 6.07) is 7.64. The fourth-order valence-electron chi connectivity index (χ4n) is 1.93. The van der Waals surface area contributed by atoms with E-state index in [0.29, 0.717) is 11.3 Å². The Morgan fingerprint density at radius 1 is 1.44 bits per heavy atom. The number of aryl methyl sites for hydroxylation is 1. The molecular weight excluding hydrogens is 248 g/mol. The molecule has 0 radical (unpaired) electrons. The molecule has 0 aliphatic rings. The van der Waals surface area contributed by atoms with Gasteiger partial charge in [0.1, 0.15) is 0 Å². The van der Waals surface area contributed by atoms with Crippen LogP contribution in [-0.4, -0.2) is 20.5 Å². The summed E-state index contributed by atoms with van der Waals surface area (Å²) >= 11 is 1.54. The topological polar surface area (TPSA) is 54.6 Å². The van der Waals surface area contributed by atoms with Crippen molar-refractivity contribution in [3.05, 3.63) is 47.1 Å². The SMILES string of the molecule is Cc1ccn2c(-c3cccs3)nc(C(=O)O)c2c1. The summed E-state index contributed by atoms with van der Waals surface area (Å²) < 4.78 is 1.82. The van der Waals surface area contributed by atoms with Crippen LogP contribution in [0, 0.1) is 6.92 Å². The summed E-state index contributed by atoms with van der Waals surface area (Å²) in [5.41, 5.74) is 1.75. The Morgan fingerprint density at radius 2 is 2.28 bits per heavy atom. The number of nitrogens with zero attached hydrogens (tertiary/aromatic N) is 2. The third-order valence-corrected chi connectivity index (χ3v) is 3.61. The highest BCUT2D eigenvalue weighted by atomic mass is 32.1. The van der Waals surface area contributed by atoms with Gasteiger partial charge in [0.25, 0.3) is 0 Å². The lowest BCUT2D eigenvalue weighted by molar-refractivity contribution is 0.0693. The maximum atomic E-state index is 11.2. The predicted molar refractivity (Wildman–Crippen MR) is 70.2 cm³/mol. The average molecular weight is 258 g/mol. The number of carboxylic acid groups (broad SMARTS) is 1. The van der Waals surface area contributed by atoms with E-state index >= 15 is 0 Å². The lowest BCUT2D eigenvalue weighted by atomic mass is 10.2. The highest BCUT2D eigenvalue weighted by molar-refractivity contribution is 7.13. The van der Waals surface area contributed by atoms with E-state index in [2.05, 4.69) is 4.98 Å². The van der Waals surface area contributed by atoms with Crippen LogP contribution in [0.5, 0.6) is 0 Å². The van der Waals surface area contributed by atoms with E-state index in [0.717, 1.165) is 10.4 Å². The molecule has 4 nitrogen and oxygen atoms in total. The summed E-state index contributed by atoms with van der Waals surface area (Å²) in [5, 5.41) is 11.2. The van der Waals surface area contributed by atoms with Crippen molar-refractivity contribution in [1.82, 2.24) is 9.38 Å². The van der Waals surface area contributed by atoms with Crippen LogP contribution in [0.15, 0.2) is 35.8 Å². The van der Waals surface area contributed by atoms with E-state index in [1.807, 2.05) is 47.2 Å².